The van der Waals surface area contributed by atoms with E-state index in [1.165, 1.54) is 0 Å². The molecule has 0 saturated heterocycles. The van der Waals surface area contributed by atoms with Crippen LogP contribution in [0.15, 0.2) is 0 Å². The van der Waals surface area contributed by atoms with Crippen LogP contribution < -0.4 is 11.1 Å². The van der Waals surface area contributed by atoms with Gasteiger partial charge in [0.15, 0.2) is 0 Å². The summed E-state index contributed by atoms with van der Waals surface area (Å²) in [7, 11) is 1.70. The molecule has 0 amide bonds. The molecule has 3 nitrogen and oxygen atoms in total. The fourth-order valence-electron chi connectivity index (χ4n) is 0.796. The molecular weight excluding hydrogens is 140 g/mol. The van der Waals surface area contributed by atoms with Crippen LogP contribution in [0.1, 0.15) is 20.3 Å². The monoisotopic (exact) mass is 160 g/mol. The van der Waals surface area contributed by atoms with Gasteiger partial charge in [0.1, 0.15) is 0 Å². The van der Waals surface area contributed by atoms with E-state index in [2.05, 4.69) is 19.2 Å². The smallest absolute Gasteiger partial charge is 0.0587 e. The highest BCUT2D eigenvalue weighted by Gasteiger charge is 2.17. The van der Waals surface area contributed by atoms with Gasteiger partial charge in [0.25, 0.3) is 0 Å². The van der Waals surface area contributed by atoms with Crippen molar-refractivity contribution in [2.45, 2.75) is 25.8 Å². The van der Waals surface area contributed by atoms with Gasteiger partial charge in [0, 0.05) is 25.7 Å². The van der Waals surface area contributed by atoms with Crippen LogP contribution in [0.25, 0.3) is 0 Å². The topological polar surface area (TPSA) is 47.3 Å². The highest BCUT2D eigenvalue weighted by molar-refractivity contribution is 4.81. The summed E-state index contributed by atoms with van der Waals surface area (Å²) in [5, 5.41) is 3.35. The lowest BCUT2D eigenvalue weighted by Gasteiger charge is -2.27. The zero-order valence-electron chi connectivity index (χ0n) is 7.81. The van der Waals surface area contributed by atoms with Crippen molar-refractivity contribution in [1.82, 2.24) is 5.32 Å². The first-order valence-corrected chi connectivity index (χ1v) is 4.12. The first-order valence-electron chi connectivity index (χ1n) is 4.12. The molecule has 68 valence electrons. The molecule has 3 N–H and O–H groups in total. The minimum atomic E-state index is 0.0819. The summed E-state index contributed by atoms with van der Waals surface area (Å²) in [6.45, 7) is 6.55. The summed E-state index contributed by atoms with van der Waals surface area (Å²) in [4.78, 5) is 0. The molecule has 0 bridgehead atoms. The van der Waals surface area contributed by atoms with Crippen molar-refractivity contribution >= 4 is 0 Å². The highest BCUT2D eigenvalue weighted by atomic mass is 16.5. The molecule has 0 aliphatic carbocycles. The van der Waals surface area contributed by atoms with Crippen LogP contribution >= 0.6 is 0 Å². The summed E-state index contributed by atoms with van der Waals surface area (Å²) < 4.78 is 4.92. The molecular formula is C8H20N2O. The maximum absolute atomic E-state index is 5.60. The Morgan fingerprint density at radius 2 is 2.18 bits per heavy atom. The molecule has 0 spiro atoms. The molecule has 0 rings (SSSR count). The molecule has 0 fully saturated rings. The summed E-state index contributed by atoms with van der Waals surface area (Å²) in [5.74, 6) is 0. The van der Waals surface area contributed by atoms with Gasteiger partial charge in [-0.15, -0.1) is 0 Å². The number of nitrogens with one attached hydrogen (secondary N) is 1. The van der Waals surface area contributed by atoms with Gasteiger partial charge in [0.05, 0.1) is 6.61 Å². The zero-order chi connectivity index (χ0) is 8.74. The summed E-state index contributed by atoms with van der Waals surface area (Å²) in [5.41, 5.74) is 5.68. The molecule has 0 saturated carbocycles. The minimum Gasteiger partial charge on any atom is -0.383 e. The van der Waals surface area contributed by atoms with Crippen molar-refractivity contribution in [2.75, 3.05) is 26.8 Å². The Balaban J connectivity index is 3.51. The molecule has 1 unspecified atom stereocenters. The van der Waals surface area contributed by atoms with E-state index >= 15 is 0 Å². The van der Waals surface area contributed by atoms with Crippen LogP contribution in [0.2, 0.25) is 0 Å². The van der Waals surface area contributed by atoms with Crippen LogP contribution in [-0.2, 0) is 4.74 Å². The van der Waals surface area contributed by atoms with E-state index in [1.807, 2.05) is 0 Å². The van der Waals surface area contributed by atoms with Gasteiger partial charge < -0.3 is 15.8 Å². The summed E-state index contributed by atoms with van der Waals surface area (Å²) in [6.07, 6.45) is 1.05. The lowest BCUT2D eigenvalue weighted by Crippen LogP contribution is -2.49. The molecule has 0 aliphatic rings. The van der Waals surface area contributed by atoms with Crippen LogP contribution in [0, 0.1) is 0 Å². The van der Waals surface area contributed by atoms with Crippen LogP contribution in [0.4, 0.5) is 0 Å². The zero-order valence-corrected chi connectivity index (χ0v) is 7.81. The van der Waals surface area contributed by atoms with E-state index in [0.717, 1.165) is 19.6 Å². The maximum Gasteiger partial charge on any atom is 0.0587 e. The number of methoxy groups -OCH3 is 1. The first kappa shape index (κ1) is 10.9. The van der Waals surface area contributed by atoms with Crippen molar-refractivity contribution in [2.24, 2.45) is 5.73 Å². The average Bonchev–Trinajstić information content (AvgIpc) is 2.05. The lowest BCUT2D eigenvalue weighted by atomic mass is 9.99. The number of ether oxygens (including phenoxy) is 1. The molecule has 1 atom stereocenters. The molecule has 0 aromatic heterocycles. The van der Waals surface area contributed by atoms with Crippen molar-refractivity contribution in [3.8, 4) is 0 Å². The second-order valence-electron chi connectivity index (χ2n) is 3.04. The van der Waals surface area contributed by atoms with E-state index in [0.29, 0.717) is 6.54 Å². The predicted octanol–water partition coefficient (Wildman–Crippen LogP) is 0.350. The predicted molar refractivity (Wildman–Crippen MR) is 47.6 cm³/mol. The standard InChI is InChI=1S/C8H20N2O/c1-4-8(2,7-9)10-5-6-11-3/h10H,4-7,9H2,1-3H3. The van der Waals surface area contributed by atoms with Gasteiger partial charge in [-0.25, -0.2) is 0 Å². The summed E-state index contributed by atoms with van der Waals surface area (Å²) in [6, 6.07) is 0. The van der Waals surface area contributed by atoms with Gasteiger partial charge in [-0.05, 0) is 13.3 Å². The molecule has 0 heterocycles. The van der Waals surface area contributed by atoms with E-state index in [-0.39, 0.29) is 5.54 Å². The van der Waals surface area contributed by atoms with Gasteiger partial charge >= 0.3 is 0 Å². The van der Waals surface area contributed by atoms with Crippen molar-refractivity contribution in [3.63, 3.8) is 0 Å². The van der Waals surface area contributed by atoms with Gasteiger partial charge in [-0.2, -0.15) is 0 Å². The van der Waals surface area contributed by atoms with Crippen LogP contribution in [-0.4, -0.2) is 32.3 Å². The normalized spacial score (nSPS) is 16.4. The van der Waals surface area contributed by atoms with Crippen molar-refractivity contribution < 1.29 is 4.74 Å². The van der Waals surface area contributed by atoms with Crippen LogP contribution in [0.5, 0.6) is 0 Å². The number of rotatable bonds is 6. The third kappa shape index (κ3) is 4.35. The highest BCUT2D eigenvalue weighted by Crippen LogP contribution is 2.05. The van der Waals surface area contributed by atoms with Crippen molar-refractivity contribution in [1.29, 1.82) is 0 Å². The van der Waals surface area contributed by atoms with Gasteiger partial charge in [-0.1, -0.05) is 6.92 Å². The third-order valence-electron chi connectivity index (χ3n) is 2.09. The fourth-order valence-corrected chi connectivity index (χ4v) is 0.796. The van der Waals surface area contributed by atoms with E-state index < -0.39 is 0 Å². The second-order valence-corrected chi connectivity index (χ2v) is 3.04. The first-order chi connectivity index (χ1) is 5.18. The Morgan fingerprint density at radius 3 is 2.55 bits per heavy atom. The Hall–Kier alpha value is -0.120. The van der Waals surface area contributed by atoms with E-state index in [9.17, 15) is 0 Å². The Morgan fingerprint density at radius 1 is 1.55 bits per heavy atom. The summed E-state index contributed by atoms with van der Waals surface area (Å²) >= 11 is 0. The van der Waals surface area contributed by atoms with E-state index in [1.54, 1.807) is 7.11 Å². The SMILES string of the molecule is CCC(C)(CN)NCCOC. The largest absolute Gasteiger partial charge is 0.383 e. The molecule has 0 aromatic carbocycles. The number of hydrogen-bond acceptors (Lipinski definition) is 3. The average molecular weight is 160 g/mol. The van der Waals surface area contributed by atoms with Gasteiger partial charge in [0.2, 0.25) is 0 Å². The maximum atomic E-state index is 5.60. The Kier molecular flexibility index (Phi) is 5.46. The van der Waals surface area contributed by atoms with Gasteiger partial charge in [-0.3, -0.25) is 0 Å². The quantitative estimate of drug-likeness (QED) is 0.551. The fraction of sp³-hybridized carbons (Fsp3) is 1.00. The minimum absolute atomic E-state index is 0.0819. The molecule has 11 heavy (non-hydrogen) atoms. The Labute approximate surface area is 69.3 Å². The third-order valence-corrected chi connectivity index (χ3v) is 2.09. The van der Waals surface area contributed by atoms with Crippen LogP contribution in [0.3, 0.4) is 0 Å². The molecule has 3 heteroatoms. The number of hydrogen-bond donors (Lipinski definition) is 2. The molecule has 0 radical (unpaired) electrons. The number of nitrogens with two attached hydrogens (primary N) is 1. The van der Waals surface area contributed by atoms with Crippen molar-refractivity contribution in [3.05, 3.63) is 0 Å². The lowest BCUT2D eigenvalue weighted by molar-refractivity contribution is 0.186. The molecule has 0 aromatic rings. The van der Waals surface area contributed by atoms with E-state index in [4.69, 9.17) is 10.5 Å². The molecule has 0 aliphatic heterocycles. The second kappa shape index (κ2) is 5.52. The Bertz CT molecular complexity index is 92.1.